The predicted molar refractivity (Wildman–Crippen MR) is 71.6 cm³/mol. The Hall–Kier alpha value is -1.51. The summed E-state index contributed by atoms with van der Waals surface area (Å²) >= 11 is 5.65. The molecule has 0 saturated heterocycles. The van der Waals surface area contributed by atoms with Crippen LogP contribution in [0, 0.1) is 10.1 Å². The summed E-state index contributed by atoms with van der Waals surface area (Å²) in [4.78, 5) is 19.6. The highest BCUT2D eigenvalue weighted by molar-refractivity contribution is 6.31. The molecular formula is C10H16ClN5O3. The first-order valence-electron chi connectivity index (χ1n) is 5.63. The van der Waals surface area contributed by atoms with Gasteiger partial charge in [0.05, 0.1) is 18.1 Å². The molecule has 106 valence electrons. The molecule has 1 aromatic rings. The highest BCUT2D eigenvalue weighted by Crippen LogP contribution is 2.27. The number of nitro groups is 1. The lowest BCUT2D eigenvalue weighted by molar-refractivity contribution is -0.384. The number of hydrogen-bond acceptors (Lipinski definition) is 7. The molecule has 0 fully saturated rings. The summed E-state index contributed by atoms with van der Waals surface area (Å²) in [5.41, 5.74) is -0.322. The maximum absolute atomic E-state index is 10.8. The summed E-state index contributed by atoms with van der Waals surface area (Å²) in [5, 5.41) is 13.4. The van der Waals surface area contributed by atoms with Crippen LogP contribution >= 0.6 is 11.6 Å². The first-order valence-corrected chi connectivity index (χ1v) is 6.01. The van der Waals surface area contributed by atoms with E-state index >= 15 is 0 Å². The number of anilines is 1. The van der Waals surface area contributed by atoms with Crippen LogP contribution in [0.4, 0.5) is 11.5 Å². The minimum Gasteiger partial charge on any atom is -0.378 e. The van der Waals surface area contributed by atoms with Crippen molar-refractivity contribution in [2.75, 3.05) is 45.7 Å². The van der Waals surface area contributed by atoms with E-state index in [0.717, 1.165) is 6.54 Å². The van der Waals surface area contributed by atoms with Gasteiger partial charge in [-0.25, -0.2) is 9.97 Å². The molecule has 0 aliphatic rings. The molecule has 19 heavy (non-hydrogen) atoms. The van der Waals surface area contributed by atoms with Gasteiger partial charge in [0.25, 0.3) is 0 Å². The third-order valence-corrected chi connectivity index (χ3v) is 2.46. The van der Waals surface area contributed by atoms with E-state index in [2.05, 4.69) is 15.3 Å². The van der Waals surface area contributed by atoms with Crippen molar-refractivity contribution in [3.63, 3.8) is 0 Å². The predicted octanol–water partition coefficient (Wildman–Crippen LogP) is 1.03. The van der Waals surface area contributed by atoms with Crippen molar-refractivity contribution in [2.24, 2.45) is 0 Å². The number of likely N-dealkylation sites (N-methyl/N-ethyl adjacent to an activating group) is 1. The molecule has 0 aliphatic heterocycles. The van der Waals surface area contributed by atoms with Crippen molar-refractivity contribution in [3.8, 4) is 0 Å². The normalized spacial score (nSPS) is 10.7. The average molecular weight is 290 g/mol. The van der Waals surface area contributed by atoms with E-state index < -0.39 is 4.92 Å². The Kier molecular flexibility index (Phi) is 6.40. The SMILES string of the molecule is CN(C)CCOCCNc1ncnc(Cl)c1[N+](=O)[O-]. The summed E-state index contributed by atoms with van der Waals surface area (Å²) in [6.45, 7) is 2.25. The fraction of sp³-hybridized carbons (Fsp3) is 0.600. The Morgan fingerprint density at radius 1 is 1.47 bits per heavy atom. The Bertz CT molecular complexity index is 430. The molecule has 1 rings (SSSR count). The molecule has 0 aliphatic carbocycles. The van der Waals surface area contributed by atoms with Gasteiger partial charge in [0, 0.05) is 13.1 Å². The van der Waals surface area contributed by atoms with Gasteiger partial charge in [0.15, 0.2) is 0 Å². The molecule has 0 bridgehead atoms. The topological polar surface area (TPSA) is 93.4 Å². The maximum Gasteiger partial charge on any atom is 0.348 e. The molecule has 0 aromatic carbocycles. The number of ether oxygens (including phenoxy) is 1. The van der Waals surface area contributed by atoms with Gasteiger partial charge in [-0.15, -0.1) is 0 Å². The summed E-state index contributed by atoms with van der Waals surface area (Å²) in [7, 11) is 3.90. The Labute approximate surface area is 115 Å². The van der Waals surface area contributed by atoms with E-state index in [1.165, 1.54) is 6.33 Å². The van der Waals surface area contributed by atoms with Gasteiger partial charge in [0.1, 0.15) is 6.33 Å². The fourth-order valence-electron chi connectivity index (χ4n) is 1.24. The summed E-state index contributed by atoms with van der Waals surface area (Å²) in [6, 6.07) is 0. The zero-order valence-corrected chi connectivity index (χ0v) is 11.6. The summed E-state index contributed by atoms with van der Waals surface area (Å²) in [5.74, 6) is 0.0983. The highest BCUT2D eigenvalue weighted by atomic mass is 35.5. The first-order chi connectivity index (χ1) is 9.02. The number of hydrogen-bond donors (Lipinski definition) is 1. The molecule has 1 aromatic heterocycles. The van der Waals surface area contributed by atoms with Crippen molar-refractivity contribution in [1.29, 1.82) is 0 Å². The maximum atomic E-state index is 10.8. The first kappa shape index (κ1) is 15.5. The fourth-order valence-corrected chi connectivity index (χ4v) is 1.44. The Morgan fingerprint density at radius 3 is 2.84 bits per heavy atom. The van der Waals surface area contributed by atoms with Crippen LogP contribution in [0.5, 0.6) is 0 Å². The number of nitrogens with zero attached hydrogens (tertiary/aromatic N) is 4. The lowest BCUT2D eigenvalue weighted by Gasteiger charge is -2.10. The molecule has 0 saturated carbocycles. The van der Waals surface area contributed by atoms with Crippen LogP contribution in [0.15, 0.2) is 6.33 Å². The molecule has 0 unspecified atom stereocenters. The minimum atomic E-state index is -0.614. The largest absolute Gasteiger partial charge is 0.378 e. The molecule has 1 N–H and O–H groups in total. The van der Waals surface area contributed by atoms with E-state index in [-0.39, 0.29) is 16.7 Å². The highest BCUT2D eigenvalue weighted by Gasteiger charge is 2.20. The van der Waals surface area contributed by atoms with Gasteiger partial charge in [-0.2, -0.15) is 0 Å². The van der Waals surface area contributed by atoms with Crippen LogP contribution in [0.2, 0.25) is 5.15 Å². The van der Waals surface area contributed by atoms with Crippen molar-refractivity contribution < 1.29 is 9.66 Å². The zero-order chi connectivity index (χ0) is 14.3. The van der Waals surface area contributed by atoms with E-state index in [1.807, 2.05) is 19.0 Å². The number of halogens is 1. The van der Waals surface area contributed by atoms with Gasteiger partial charge >= 0.3 is 5.69 Å². The van der Waals surface area contributed by atoms with Crippen LogP contribution < -0.4 is 5.32 Å². The van der Waals surface area contributed by atoms with E-state index in [1.54, 1.807) is 0 Å². The Morgan fingerprint density at radius 2 is 2.21 bits per heavy atom. The third kappa shape index (κ3) is 5.33. The molecule has 0 radical (unpaired) electrons. The smallest absolute Gasteiger partial charge is 0.348 e. The van der Waals surface area contributed by atoms with Crippen LogP contribution in [0.25, 0.3) is 0 Å². The van der Waals surface area contributed by atoms with E-state index in [0.29, 0.717) is 19.8 Å². The third-order valence-electron chi connectivity index (χ3n) is 2.18. The van der Waals surface area contributed by atoms with E-state index in [4.69, 9.17) is 16.3 Å². The van der Waals surface area contributed by atoms with E-state index in [9.17, 15) is 10.1 Å². The molecule has 8 nitrogen and oxygen atoms in total. The second-order valence-electron chi connectivity index (χ2n) is 3.96. The van der Waals surface area contributed by atoms with Crippen molar-refractivity contribution in [2.45, 2.75) is 0 Å². The quantitative estimate of drug-likeness (QED) is 0.330. The monoisotopic (exact) mass is 289 g/mol. The molecule has 0 spiro atoms. The molecule has 1 heterocycles. The van der Waals surface area contributed by atoms with Crippen molar-refractivity contribution in [1.82, 2.24) is 14.9 Å². The van der Waals surface area contributed by atoms with Crippen LogP contribution in [-0.2, 0) is 4.74 Å². The van der Waals surface area contributed by atoms with Gasteiger partial charge < -0.3 is 15.0 Å². The van der Waals surface area contributed by atoms with Gasteiger partial charge in [0.2, 0.25) is 11.0 Å². The lowest BCUT2D eigenvalue weighted by Crippen LogP contribution is -2.20. The molecular weight excluding hydrogens is 274 g/mol. The molecule has 0 atom stereocenters. The number of rotatable bonds is 8. The Balaban J connectivity index is 2.41. The molecule has 0 amide bonds. The average Bonchev–Trinajstić information content (AvgIpc) is 2.32. The zero-order valence-electron chi connectivity index (χ0n) is 10.8. The minimum absolute atomic E-state index is 0.0983. The lowest BCUT2D eigenvalue weighted by atomic mass is 10.4. The van der Waals surface area contributed by atoms with Crippen molar-refractivity contribution in [3.05, 3.63) is 21.6 Å². The van der Waals surface area contributed by atoms with Gasteiger partial charge in [-0.3, -0.25) is 10.1 Å². The number of nitrogens with one attached hydrogen (secondary N) is 1. The standard InChI is InChI=1S/C10H16ClN5O3/c1-15(2)4-6-19-5-3-12-10-8(16(17)18)9(11)13-7-14-10/h7H,3-6H2,1-2H3,(H,12,13,14). The summed E-state index contributed by atoms with van der Waals surface area (Å²) < 4.78 is 5.35. The second-order valence-corrected chi connectivity index (χ2v) is 4.32. The second kappa shape index (κ2) is 7.82. The van der Waals surface area contributed by atoms with Crippen LogP contribution in [0.1, 0.15) is 0 Å². The van der Waals surface area contributed by atoms with Gasteiger partial charge in [-0.05, 0) is 14.1 Å². The van der Waals surface area contributed by atoms with Crippen LogP contribution in [-0.4, -0.2) is 60.2 Å². The van der Waals surface area contributed by atoms with Crippen molar-refractivity contribution >= 4 is 23.1 Å². The van der Waals surface area contributed by atoms with Gasteiger partial charge in [-0.1, -0.05) is 11.6 Å². The number of aromatic nitrogens is 2. The molecule has 9 heteroatoms. The van der Waals surface area contributed by atoms with Crippen LogP contribution in [0.3, 0.4) is 0 Å². The summed E-state index contributed by atoms with van der Waals surface area (Å²) in [6.07, 6.45) is 1.17.